The molecule has 14 heavy (non-hydrogen) atoms. The Morgan fingerprint density at radius 2 is 2.00 bits per heavy atom. The van der Waals surface area contributed by atoms with Crippen LogP contribution in [0.25, 0.3) is 0 Å². The van der Waals surface area contributed by atoms with Crippen molar-refractivity contribution in [3.05, 3.63) is 0 Å². The van der Waals surface area contributed by atoms with Gasteiger partial charge in [-0.2, -0.15) is 5.10 Å². The number of hydrogen-bond acceptors (Lipinski definition) is 3. The Kier molecular flexibility index (Phi) is 2.52. The van der Waals surface area contributed by atoms with Crippen LogP contribution in [0.3, 0.4) is 0 Å². The molecule has 2 atom stereocenters. The van der Waals surface area contributed by atoms with E-state index in [0.29, 0.717) is 5.92 Å². The van der Waals surface area contributed by atoms with Crippen LogP contribution in [0.1, 0.15) is 46.0 Å². The van der Waals surface area contributed by atoms with Crippen LogP contribution in [0.4, 0.5) is 0 Å². The number of hydrogen-bond donors (Lipinski definition) is 2. The maximum atomic E-state index is 9.95. The van der Waals surface area contributed by atoms with Crippen LogP contribution >= 0.6 is 0 Å². The zero-order valence-corrected chi connectivity index (χ0v) is 9.08. The highest BCUT2D eigenvalue weighted by molar-refractivity contribution is 5.89. The average molecular weight is 196 g/mol. The van der Waals surface area contributed by atoms with E-state index in [1.54, 1.807) is 0 Å². The number of hydrazone groups is 1. The summed E-state index contributed by atoms with van der Waals surface area (Å²) in [6, 6.07) is 0. The first-order valence-electron chi connectivity index (χ1n) is 5.64. The van der Waals surface area contributed by atoms with Gasteiger partial charge >= 0.3 is 0 Å². The van der Waals surface area contributed by atoms with Gasteiger partial charge in [-0.05, 0) is 32.6 Å². The van der Waals surface area contributed by atoms with Gasteiger partial charge in [0.15, 0.2) is 6.23 Å². The lowest BCUT2D eigenvalue weighted by molar-refractivity contribution is 0.0205. The first-order chi connectivity index (χ1) is 6.65. The Hall–Kier alpha value is -0.570. The van der Waals surface area contributed by atoms with Crippen LogP contribution < -0.4 is 5.43 Å². The molecule has 0 saturated heterocycles. The zero-order chi connectivity index (χ0) is 10.2. The van der Waals surface area contributed by atoms with Gasteiger partial charge in [-0.1, -0.05) is 19.3 Å². The van der Waals surface area contributed by atoms with Crippen molar-refractivity contribution in [1.82, 2.24) is 5.43 Å². The van der Waals surface area contributed by atoms with Crippen molar-refractivity contribution in [3.8, 4) is 0 Å². The lowest BCUT2D eigenvalue weighted by Gasteiger charge is -2.38. The lowest BCUT2D eigenvalue weighted by atomic mass is 9.67. The molecule has 1 aliphatic heterocycles. The molecule has 0 aromatic heterocycles. The standard InChI is InChI=1S/C11H20N2O/c1-8-11(2,10(14)13-12-8)9-6-4-3-5-7-9/h9-10,13-14H,3-7H2,1-2H3. The van der Waals surface area contributed by atoms with Crippen LogP contribution in [0.5, 0.6) is 0 Å². The summed E-state index contributed by atoms with van der Waals surface area (Å²) < 4.78 is 0. The molecule has 1 aliphatic carbocycles. The smallest absolute Gasteiger partial charge is 0.150 e. The Morgan fingerprint density at radius 1 is 1.36 bits per heavy atom. The van der Waals surface area contributed by atoms with Crippen molar-refractivity contribution in [2.75, 3.05) is 0 Å². The lowest BCUT2D eigenvalue weighted by Crippen LogP contribution is -2.45. The quantitative estimate of drug-likeness (QED) is 0.672. The molecule has 0 amide bonds. The van der Waals surface area contributed by atoms with Crippen LogP contribution in [0.2, 0.25) is 0 Å². The predicted molar refractivity (Wildman–Crippen MR) is 56.9 cm³/mol. The van der Waals surface area contributed by atoms with Crippen molar-refractivity contribution < 1.29 is 5.11 Å². The summed E-state index contributed by atoms with van der Waals surface area (Å²) in [5.41, 5.74) is 3.74. The van der Waals surface area contributed by atoms with Gasteiger partial charge in [0.25, 0.3) is 0 Å². The summed E-state index contributed by atoms with van der Waals surface area (Å²) in [4.78, 5) is 0. The number of nitrogens with one attached hydrogen (secondary N) is 1. The minimum absolute atomic E-state index is 0.125. The topological polar surface area (TPSA) is 44.6 Å². The Morgan fingerprint density at radius 3 is 2.50 bits per heavy atom. The second-order valence-corrected chi connectivity index (χ2v) is 4.85. The van der Waals surface area contributed by atoms with Gasteiger partial charge in [0.2, 0.25) is 0 Å². The van der Waals surface area contributed by atoms with Crippen LogP contribution in [0, 0.1) is 11.3 Å². The summed E-state index contributed by atoms with van der Waals surface area (Å²) >= 11 is 0. The first kappa shape index (κ1) is 9.97. The van der Waals surface area contributed by atoms with Gasteiger partial charge in [-0.25, -0.2) is 0 Å². The summed E-state index contributed by atoms with van der Waals surface area (Å²) in [5.74, 6) is 0.602. The van der Waals surface area contributed by atoms with E-state index >= 15 is 0 Å². The second kappa shape index (κ2) is 3.54. The summed E-state index contributed by atoms with van der Waals surface area (Å²) in [6.07, 6.45) is 5.96. The Bertz CT molecular complexity index is 246. The summed E-state index contributed by atoms with van der Waals surface area (Å²) in [5, 5.41) is 14.1. The summed E-state index contributed by atoms with van der Waals surface area (Å²) in [6.45, 7) is 4.17. The molecule has 0 spiro atoms. The van der Waals surface area contributed by atoms with Gasteiger partial charge in [0.05, 0.1) is 5.41 Å². The molecule has 0 bridgehead atoms. The fourth-order valence-corrected chi connectivity index (χ4v) is 2.83. The number of aliphatic hydroxyl groups excluding tert-OH is 1. The number of aliphatic hydroxyl groups is 1. The van der Waals surface area contributed by atoms with Gasteiger partial charge in [-0.15, -0.1) is 0 Å². The minimum Gasteiger partial charge on any atom is -0.371 e. The molecule has 1 heterocycles. The maximum absolute atomic E-state index is 9.95. The zero-order valence-electron chi connectivity index (χ0n) is 9.08. The largest absolute Gasteiger partial charge is 0.371 e. The molecule has 0 aromatic rings. The SMILES string of the molecule is CC1=NNC(O)C1(C)C1CCCCC1. The molecule has 2 N–H and O–H groups in total. The third kappa shape index (κ3) is 1.34. The van der Waals surface area contributed by atoms with Crippen LogP contribution in [0.15, 0.2) is 5.10 Å². The molecule has 1 saturated carbocycles. The van der Waals surface area contributed by atoms with E-state index in [9.17, 15) is 5.11 Å². The maximum Gasteiger partial charge on any atom is 0.150 e. The monoisotopic (exact) mass is 196 g/mol. The molecule has 2 rings (SSSR count). The van der Waals surface area contributed by atoms with Gasteiger partial charge in [0, 0.05) is 5.71 Å². The van der Waals surface area contributed by atoms with E-state index in [0.717, 1.165) is 5.71 Å². The molecule has 0 radical (unpaired) electrons. The van der Waals surface area contributed by atoms with E-state index in [4.69, 9.17) is 0 Å². The van der Waals surface area contributed by atoms with E-state index < -0.39 is 6.23 Å². The van der Waals surface area contributed by atoms with E-state index in [1.165, 1.54) is 32.1 Å². The predicted octanol–water partition coefficient (Wildman–Crippen LogP) is 1.87. The third-order valence-corrected chi connectivity index (χ3v) is 4.16. The van der Waals surface area contributed by atoms with Crippen molar-refractivity contribution >= 4 is 5.71 Å². The van der Waals surface area contributed by atoms with Gasteiger partial charge in [-0.3, -0.25) is 5.43 Å². The fourth-order valence-electron chi connectivity index (χ4n) is 2.83. The molecule has 2 unspecified atom stereocenters. The normalized spacial score (nSPS) is 39.4. The summed E-state index contributed by atoms with van der Waals surface area (Å²) in [7, 11) is 0. The van der Waals surface area contributed by atoms with Crippen molar-refractivity contribution in [2.24, 2.45) is 16.4 Å². The highest BCUT2D eigenvalue weighted by atomic mass is 16.3. The van der Waals surface area contributed by atoms with Crippen molar-refractivity contribution in [3.63, 3.8) is 0 Å². The Labute approximate surface area is 85.6 Å². The Balaban J connectivity index is 2.16. The fraction of sp³-hybridized carbons (Fsp3) is 0.909. The minimum atomic E-state index is -0.481. The van der Waals surface area contributed by atoms with Crippen LogP contribution in [-0.2, 0) is 0 Å². The molecule has 3 heteroatoms. The van der Waals surface area contributed by atoms with Crippen molar-refractivity contribution in [1.29, 1.82) is 0 Å². The van der Waals surface area contributed by atoms with E-state index in [2.05, 4.69) is 17.5 Å². The number of rotatable bonds is 1. The molecule has 0 aromatic carbocycles. The van der Waals surface area contributed by atoms with E-state index in [-0.39, 0.29) is 5.41 Å². The van der Waals surface area contributed by atoms with Gasteiger partial charge in [0.1, 0.15) is 0 Å². The second-order valence-electron chi connectivity index (χ2n) is 4.85. The molecule has 3 nitrogen and oxygen atoms in total. The molecular formula is C11H20N2O. The van der Waals surface area contributed by atoms with Crippen LogP contribution in [-0.4, -0.2) is 17.0 Å². The third-order valence-electron chi connectivity index (χ3n) is 4.16. The number of nitrogens with zero attached hydrogens (tertiary/aromatic N) is 1. The molecule has 2 aliphatic rings. The average Bonchev–Trinajstić information content (AvgIpc) is 2.49. The van der Waals surface area contributed by atoms with E-state index in [1.807, 2.05) is 6.92 Å². The highest BCUT2D eigenvalue weighted by Crippen LogP contribution is 2.43. The molecule has 1 fully saturated rings. The first-order valence-corrected chi connectivity index (χ1v) is 5.64. The van der Waals surface area contributed by atoms with Crippen molar-refractivity contribution in [2.45, 2.75) is 52.2 Å². The molecular weight excluding hydrogens is 176 g/mol. The van der Waals surface area contributed by atoms with Gasteiger partial charge < -0.3 is 5.11 Å². The molecule has 80 valence electrons. The highest BCUT2D eigenvalue weighted by Gasteiger charge is 2.46.